The molecular weight excluding hydrogens is 398 g/mol. The van der Waals surface area contributed by atoms with Crippen molar-refractivity contribution in [3.05, 3.63) is 52.9 Å². The smallest absolute Gasteiger partial charge is 0.129 e. The van der Waals surface area contributed by atoms with Crippen LogP contribution in [0.25, 0.3) is 0 Å². The minimum Gasteiger partial charge on any atom is -0.384 e. The molecule has 164 valence electrons. The molecular formula is C22H34ClN7. The number of rotatable bonds is 4. The zero-order chi connectivity index (χ0) is 21.3. The molecule has 2 aliphatic heterocycles. The number of piperazine rings is 2. The summed E-state index contributed by atoms with van der Waals surface area (Å²) >= 11 is 5.74. The topological polar surface area (TPSA) is 64.8 Å². The lowest BCUT2D eigenvalue weighted by atomic mass is 10.2. The lowest BCUT2D eigenvalue weighted by Gasteiger charge is -2.32. The van der Waals surface area contributed by atoms with Crippen molar-refractivity contribution in [3.8, 4) is 0 Å². The van der Waals surface area contributed by atoms with Crippen LogP contribution < -0.4 is 5.73 Å². The highest BCUT2D eigenvalue weighted by Crippen LogP contribution is 2.10. The fourth-order valence-electron chi connectivity index (χ4n) is 3.56. The molecule has 2 fully saturated rings. The van der Waals surface area contributed by atoms with E-state index in [0.29, 0.717) is 11.0 Å². The second kappa shape index (κ2) is 11.6. The Bertz CT molecular complexity index is 672. The van der Waals surface area contributed by atoms with Crippen molar-refractivity contribution in [3.63, 3.8) is 0 Å². The van der Waals surface area contributed by atoms with Crippen LogP contribution in [0.15, 0.2) is 36.7 Å². The molecule has 0 spiro atoms. The number of aromatic nitrogens is 2. The van der Waals surface area contributed by atoms with Crippen LogP contribution in [0.1, 0.15) is 11.1 Å². The van der Waals surface area contributed by atoms with Crippen LogP contribution in [0.2, 0.25) is 5.15 Å². The molecule has 4 rings (SSSR count). The van der Waals surface area contributed by atoms with Crippen molar-refractivity contribution < 1.29 is 0 Å². The van der Waals surface area contributed by atoms with Crippen LogP contribution >= 0.6 is 11.6 Å². The fraction of sp³-hybridized carbons (Fsp3) is 0.545. The molecule has 2 aromatic heterocycles. The van der Waals surface area contributed by atoms with Crippen LogP contribution in [-0.4, -0.2) is 96.0 Å². The quantitative estimate of drug-likeness (QED) is 0.741. The van der Waals surface area contributed by atoms with E-state index in [-0.39, 0.29) is 0 Å². The number of likely N-dealkylation sites (N-methyl/N-ethyl adjacent to an activating group) is 2. The van der Waals surface area contributed by atoms with E-state index in [0.717, 1.165) is 65.4 Å². The molecule has 4 heterocycles. The summed E-state index contributed by atoms with van der Waals surface area (Å²) in [6.07, 6.45) is 3.73. The normalized spacial score (nSPS) is 19.3. The van der Waals surface area contributed by atoms with Crippen molar-refractivity contribution >= 4 is 17.4 Å². The van der Waals surface area contributed by atoms with E-state index in [1.807, 2.05) is 30.6 Å². The van der Waals surface area contributed by atoms with Crippen LogP contribution in [0.3, 0.4) is 0 Å². The minimum absolute atomic E-state index is 0.567. The molecule has 8 heteroatoms. The van der Waals surface area contributed by atoms with E-state index in [4.69, 9.17) is 17.3 Å². The Labute approximate surface area is 185 Å². The molecule has 0 aromatic carbocycles. The van der Waals surface area contributed by atoms with Crippen molar-refractivity contribution in [1.82, 2.24) is 29.6 Å². The summed E-state index contributed by atoms with van der Waals surface area (Å²) in [4.78, 5) is 17.8. The molecule has 0 saturated carbocycles. The first kappa shape index (κ1) is 22.9. The Morgan fingerprint density at radius 1 is 0.733 bits per heavy atom. The predicted octanol–water partition coefficient (Wildman–Crippen LogP) is 1.89. The summed E-state index contributed by atoms with van der Waals surface area (Å²) in [6, 6.07) is 7.83. The van der Waals surface area contributed by atoms with Gasteiger partial charge in [0.15, 0.2) is 0 Å². The van der Waals surface area contributed by atoms with E-state index in [1.54, 1.807) is 0 Å². The highest BCUT2D eigenvalue weighted by molar-refractivity contribution is 6.29. The molecule has 30 heavy (non-hydrogen) atoms. The SMILES string of the molecule is CN1CCN(Cc2ccc(Cl)nc2)CC1.CN1CCN(Cc2ccc(N)nc2)CC1. The standard InChI is InChI=1S/C11H16ClN3.C11H18N4/c2*1-14-4-6-15(7-5-14)9-10-2-3-11(12)13-8-10/h2-3,8H,4-7,9H2,1H3;2-3,8H,4-7,9H2,1H3,(H2,12,13). The number of nitrogens with two attached hydrogens (primary N) is 1. The molecule has 2 N–H and O–H groups in total. The molecule has 0 aliphatic carbocycles. The van der Waals surface area contributed by atoms with E-state index in [2.05, 4.69) is 49.7 Å². The predicted molar refractivity (Wildman–Crippen MR) is 123 cm³/mol. The first-order chi connectivity index (χ1) is 14.5. The van der Waals surface area contributed by atoms with Crippen LogP contribution in [0.4, 0.5) is 5.82 Å². The summed E-state index contributed by atoms with van der Waals surface area (Å²) < 4.78 is 0. The molecule has 0 bridgehead atoms. The summed E-state index contributed by atoms with van der Waals surface area (Å²) in [5.74, 6) is 0.595. The summed E-state index contributed by atoms with van der Waals surface area (Å²) in [7, 11) is 4.34. The number of nitrogen functional groups attached to an aromatic ring is 1. The summed E-state index contributed by atoms with van der Waals surface area (Å²) in [5.41, 5.74) is 8.03. The van der Waals surface area contributed by atoms with E-state index >= 15 is 0 Å². The number of pyridine rings is 2. The van der Waals surface area contributed by atoms with Gasteiger partial charge in [0.05, 0.1) is 0 Å². The van der Waals surface area contributed by atoms with Crippen LogP contribution in [0, 0.1) is 0 Å². The molecule has 0 unspecified atom stereocenters. The Hall–Kier alpha value is -1.77. The molecule has 2 aromatic rings. The maximum Gasteiger partial charge on any atom is 0.129 e. The second-order valence-electron chi connectivity index (χ2n) is 8.24. The van der Waals surface area contributed by atoms with Gasteiger partial charge in [-0.15, -0.1) is 0 Å². The van der Waals surface area contributed by atoms with Crippen molar-refractivity contribution in [2.75, 3.05) is 72.2 Å². The van der Waals surface area contributed by atoms with Gasteiger partial charge in [0, 0.05) is 77.8 Å². The maximum absolute atomic E-state index is 5.74. The maximum atomic E-state index is 5.74. The van der Waals surface area contributed by atoms with E-state index < -0.39 is 0 Å². The number of hydrogen-bond acceptors (Lipinski definition) is 7. The number of nitrogens with zero attached hydrogens (tertiary/aromatic N) is 6. The Morgan fingerprint density at radius 3 is 1.60 bits per heavy atom. The van der Waals surface area contributed by atoms with E-state index in [9.17, 15) is 0 Å². The van der Waals surface area contributed by atoms with Gasteiger partial charge in [0.2, 0.25) is 0 Å². The largest absolute Gasteiger partial charge is 0.384 e. The van der Waals surface area contributed by atoms with Gasteiger partial charge >= 0.3 is 0 Å². The number of halogens is 1. The lowest BCUT2D eigenvalue weighted by Crippen LogP contribution is -2.43. The van der Waals surface area contributed by atoms with Gasteiger partial charge < -0.3 is 15.5 Å². The van der Waals surface area contributed by atoms with Gasteiger partial charge in [0.25, 0.3) is 0 Å². The third-order valence-corrected chi connectivity index (χ3v) is 5.86. The Morgan fingerprint density at radius 2 is 1.20 bits per heavy atom. The summed E-state index contributed by atoms with van der Waals surface area (Å²) in [5, 5.41) is 0.567. The van der Waals surface area contributed by atoms with Gasteiger partial charge in [-0.1, -0.05) is 23.7 Å². The van der Waals surface area contributed by atoms with Gasteiger partial charge in [-0.2, -0.15) is 0 Å². The number of anilines is 1. The van der Waals surface area contributed by atoms with Crippen molar-refractivity contribution in [1.29, 1.82) is 0 Å². The third-order valence-electron chi connectivity index (χ3n) is 5.64. The van der Waals surface area contributed by atoms with Gasteiger partial charge in [-0.05, 0) is 37.4 Å². The average molecular weight is 432 g/mol. The first-order valence-corrected chi connectivity index (χ1v) is 11.0. The monoisotopic (exact) mass is 431 g/mol. The van der Waals surface area contributed by atoms with Gasteiger partial charge in [0.1, 0.15) is 11.0 Å². The molecule has 7 nitrogen and oxygen atoms in total. The Kier molecular flexibility index (Phi) is 8.84. The minimum atomic E-state index is 0.567. The third kappa shape index (κ3) is 7.81. The van der Waals surface area contributed by atoms with Crippen molar-refractivity contribution in [2.24, 2.45) is 0 Å². The lowest BCUT2D eigenvalue weighted by molar-refractivity contribution is 0.148. The van der Waals surface area contributed by atoms with Crippen LogP contribution in [-0.2, 0) is 13.1 Å². The van der Waals surface area contributed by atoms with Gasteiger partial charge in [-0.25, -0.2) is 9.97 Å². The molecule has 0 radical (unpaired) electrons. The molecule has 2 aliphatic rings. The zero-order valence-electron chi connectivity index (χ0n) is 18.2. The second-order valence-corrected chi connectivity index (χ2v) is 8.63. The van der Waals surface area contributed by atoms with Crippen molar-refractivity contribution in [2.45, 2.75) is 13.1 Å². The zero-order valence-corrected chi connectivity index (χ0v) is 18.9. The molecule has 2 saturated heterocycles. The summed E-state index contributed by atoms with van der Waals surface area (Å²) in [6.45, 7) is 11.1. The molecule has 0 atom stereocenters. The molecule has 0 amide bonds. The highest BCUT2D eigenvalue weighted by atomic mass is 35.5. The number of hydrogen-bond donors (Lipinski definition) is 1. The fourth-order valence-corrected chi connectivity index (χ4v) is 3.67. The first-order valence-electron chi connectivity index (χ1n) is 10.6. The highest BCUT2D eigenvalue weighted by Gasteiger charge is 2.14. The van der Waals surface area contributed by atoms with Crippen LogP contribution in [0.5, 0.6) is 0 Å². The van der Waals surface area contributed by atoms with E-state index in [1.165, 1.54) is 11.1 Å². The Balaban J connectivity index is 0.000000171. The average Bonchev–Trinajstić information content (AvgIpc) is 2.75. The van der Waals surface area contributed by atoms with Gasteiger partial charge in [-0.3, -0.25) is 9.80 Å².